The summed E-state index contributed by atoms with van der Waals surface area (Å²) in [6.07, 6.45) is 1.63. The molecule has 2 heterocycles. The topological polar surface area (TPSA) is 67.9 Å². The molecule has 0 saturated carbocycles. The van der Waals surface area contributed by atoms with Gasteiger partial charge in [-0.1, -0.05) is 32.0 Å². The highest BCUT2D eigenvalue weighted by molar-refractivity contribution is 6.01. The molecule has 1 N–H and O–H groups in total. The van der Waals surface area contributed by atoms with Gasteiger partial charge in [-0.05, 0) is 67.5 Å². The van der Waals surface area contributed by atoms with E-state index in [0.29, 0.717) is 55.7 Å². The van der Waals surface area contributed by atoms with Crippen molar-refractivity contribution < 1.29 is 19.1 Å². The Morgan fingerprint density at radius 3 is 2.48 bits per heavy atom. The van der Waals surface area contributed by atoms with Crippen molar-refractivity contribution in [3.8, 4) is 11.5 Å². The van der Waals surface area contributed by atoms with E-state index in [1.165, 1.54) is 0 Å². The molecule has 0 aliphatic carbocycles. The lowest BCUT2D eigenvalue weighted by atomic mass is 9.75. The standard InChI is InChI=1S/C27H34N2O4/c1-5-32-22-15-18-12-14-29-25(21(18)16-23(22)33-6-2)24(26(30)28-13-11-17(3)4)19-9-7-8-10-20(19)27(29)31/h7-10,15-17,24-25H,5-6,11-14H2,1-4H3,(H,28,30)/t24-,25+/m1/s1. The third-order valence-electron chi connectivity index (χ3n) is 6.49. The number of benzene rings is 2. The van der Waals surface area contributed by atoms with Crippen LogP contribution in [0.3, 0.4) is 0 Å². The lowest BCUT2D eigenvalue weighted by molar-refractivity contribution is -0.124. The molecule has 2 amide bonds. The van der Waals surface area contributed by atoms with Crippen LogP contribution in [0.15, 0.2) is 36.4 Å². The first-order valence-corrected chi connectivity index (χ1v) is 12.1. The maximum absolute atomic E-state index is 13.6. The zero-order valence-electron chi connectivity index (χ0n) is 20.0. The van der Waals surface area contributed by atoms with Crippen molar-refractivity contribution in [3.63, 3.8) is 0 Å². The molecule has 0 fully saturated rings. The number of carbonyl (C=O) groups excluding carboxylic acids is 2. The van der Waals surface area contributed by atoms with Gasteiger partial charge in [0.1, 0.15) is 0 Å². The van der Waals surface area contributed by atoms with Crippen LogP contribution in [0.4, 0.5) is 0 Å². The minimum absolute atomic E-state index is 0.0145. The Balaban J connectivity index is 1.81. The highest BCUT2D eigenvalue weighted by Crippen LogP contribution is 2.48. The van der Waals surface area contributed by atoms with Crippen LogP contribution in [0.2, 0.25) is 0 Å². The predicted molar refractivity (Wildman–Crippen MR) is 128 cm³/mol. The van der Waals surface area contributed by atoms with Crippen molar-refractivity contribution >= 4 is 11.8 Å². The zero-order chi connectivity index (χ0) is 23.5. The van der Waals surface area contributed by atoms with Crippen molar-refractivity contribution in [2.24, 2.45) is 5.92 Å². The smallest absolute Gasteiger partial charge is 0.254 e. The van der Waals surface area contributed by atoms with E-state index in [0.717, 1.165) is 23.1 Å². The average molecular weight is 451 g/mol. The number of hydrogen-bond donors (Lipinski definition) is 1. The summed E-state index contributed by atoms with van der Waals surface area (Å²) < 4.78 is 11.7. The molecule has 6 heteroatoms. The van der Waals surface area contributed by atoms with E-state index in [1.54, 1.807) is 0 Å². The van der Waals surface area contributed by atoms with E-state index in [9.17, 15) is 9.59 Å². The van der Waals surface area contributed by atoms with Gasteiger partial charge in [-0.3, -0.25) is 9.59 Å². The van der Waals surface area contributed by atoms with Gasteiger partial charge < -0.3 is 19.7 Å². The minimum Gasteiger partial charge on any atom is -0.490 e. The molecule has 0 spiro atoms. The second-order valence-electron chi connectivity index (χ2n) is 9.10. The first-order chi connectivity index (χ1) is 16.0. The number of amides is 2. The molecule has 0 bridgehead atoms. The molecule has 0 saturated heterocycles. The fourth-order valence-corrected chi connectivity index (χ4v) is 4.95. The maximum atomic E-state index is 13.6. The van der Waals surface area contributed by atoms with Crippen molar-refractivity contribution in [1.82, 2.24) is 10.2 Å². The summed E-state index contributed by atoms with van der Waals surface area (Å²) in [6.45, 7) is 10.4. The summed E-state index contributed by atoms with van der Waals surface area (Å²) in [5.74, 6) is 1.35. The van der Waals surface area contributed by atoms with Gasteiger partial charge in [0.15, 0.2) is 11.5 Å². The summed E-state index contributed by atoms with van der Waals surface area (Å²) in [6, 6.07) is 11.2. The van der Waals surface area contributed by atoms with Crippen LogP contribution in [0.25, 0.3) is 0 Å². The van der Waals surface area contributed by atoms with Gasteiger partial charge in [0.05, 0.1) is 25.2 Å². The Morgan fingerprint density at radius 1 is 1.09 bits per heavy atom. The van der Waals surface area contributed by atoms with Gasteiger partial charge in [0.25, 0.3) is 5.91 Å². The molecule has 176 valence electrons. The van der Waals surface area contributed by atoms with Crippen molar-refractivity contribution in [2.45, 2.75) is 52.5 Å². The van der Waals surface area contributed by atoms with Crippen molar-refractivity contribution in [3.05, 3.63) is 58.7 Å². The Hall–Kier alpha value is -3.02. The fourth-order valence-electron chi connectivity index (χ4n) is 4.95. The summed E-state index contributed by atoms with van der Waals surface area (Å²) in [5.41, 5.74) is 3.50. The van der Waals surface area contributed by atoms with Gasteiger partial charge in [0.2, 0.25) is 5.91 Å². The van der Waals surface area contributed by atoms with Crippen LogP contribution in [-0.2, 0) is 11.2 Å². The molecule has 2 aromatic carbocycles. The third kappa shape index (κ3) is 4.43. The van der Waals surface area contributed by atoms with Crippen LogP contribution in [0, 0.1) is 5.92 Å². The highest BCUT2D eigenvalue weighted by Gasteiger charge is 2.46. The molecule has 33 heavy (non-hydrogen) atoms. The van der Waals surface area contributed by atoms with Crippen LogP contribution in [-0.4, -0.2) is 43.0 Å². The summed E-state index contributed by atoms with van der Waals surface area (Å²) in [5, 5.41) is 3.14. The second-order valence-corrected chi connectivity index (χ2v) is 9.10. The highest BCUT2D eigenvalue weighted by atomic mass is 16.5. The largest absolute Gasteiger partial charge is 0.490 e. The van der Waals surface area contributed by atoms with Gasteiger partial charge in [0, 0.05) is 18.7 Å². The molecular weight excluding hydrogens is 416 g/mol. The number of nitrogens with one attached hydrogen (secondary N) is 1. The minimum atomic E-state index is -0.475. The normalized spacial score (nSPS) is 18.9. The summed E-state index contributed by atoms with van der Waals surface area (Å²) >= 11 is 0. The van der Waals surface area contributed by atoms with E-state index in [-0.39, 0.29) is 17.9 Å². The van der Waals surface area contributed by atoms with Crippen LogP contribution >= 0.6 is 0 Å². The second kappa shape index (κ2) is 9.86. The molecule has 0 radical (unpaired) electrons. The number of ether oxygens (including phenoxy) is 2. The van der Waals surface area contributed by atoms with Crippen LogP contribution in [0.5, 0.6) is 11.5 Å². The SMILES string of the molecule is CCOc1cc2c(cc1OCC)[C@H]1[C@H](C(=O)NCCC(C)C)c3ccccc3C(=O)N1CC2. The molecule has 4 rings (SSSR count). The van der Waals surface area contributed by atoms with Crippen LogP contribution in [0.1, 0.15) is 73.1 Å². The number of rotatable bonds is 8. The van der Waals surface area contributed by atoms with Gasteiger partial charge >= 0.3 is 0 Å². The number of fused-ring (bicyclic) bond motifs is 4. The van der Waals surface area contributed by atoms with Gasteiger partial charge in [-0.15, -0.1) is 0 Å². The van der Waals surface area contributed by atoms with E-state index >= 15 is 0 Å². The zero-order valence-corrected chi connectivity index (χ0v) is 20.0. The molecular formula is C27H34N2O4. The van der Waals surface area contributed by atoms with Gasteiger partial charge in [-0.25, -0.2) is 0 Å². The Labute approximate surface area is 196 Å². The van der Waals surface area contributed by atoms with E-state index < -0.39 is 5.92 Å². The van der Waals surface area contributed by atoms with E-state index in [1.807, 2.05) is 55.1 Å². The predicted octanol–water partition coefficient (Wildman–Crippen LogP) is 4.48. The van der Waals surface area contributed by atoms with Crippen molar-refractivity contribution in [1.29, 1.82) is 0 Å². The molecule has 0 aromatic heterocycles. The van der Waals surface area contributed by atoms with Crippen molar-refractivity contribution in [2.75, 3.05) is 26.3 Å². The van der Waals surface area contributed by atoms with E-state index in [4.69, 9.17) is 9.47 Å². The van der Waals surface area contributed by atoms with E-state index in [2.05, 4.69) is 19.2 Å². The number of carbonyl (C=O) groups is 2. The lowest BCUT2D eigenvalue weighted by Gasteiger charge is -2.45. The maximum Gasteiger partial charge on any atom is 0.254 e. The number of hydrogen-bond acceptors (Lipinski definition) is 4. The fraction of sp³-hybridized carbons (Fsp3) is 0.481. The Morgan fingerprint density at radius 2 is 1.79 bits per heavy atom. The quantitative estimate of drug-likeness (QED) is 0.644. The summed E-state index contributed by atoms with van der Waals surface area (Å²) in [4.78, 5) is 28.9. The molecule has 2 atom stereocenters. The molecule has 6 nitrogen and oxygen atoms in total. The third-order valence-corrected chi connectivity index (χ3v) is 6.49. The monoisotopic (exact) mass is 450 g/mol. The molecule has 2 aliphatic heterocycles. The van der Waals surface area contributed by atoms with Gasteiger partial charge in [-0.2, -0.15) is 0 Å². The number of nitrogens with zero attached hydrogens (tertiary/aromatic N) is 1. The molecule has 2 aliphatic rings. The van der Waals surface area contributed by atoms with Crippen LogP contribution < -0.4 is 14.8 Å². The first-order valence-electron chi connectivity index (χ1n) is 12.1. The average Bonchev–Trinajstić information content (AvgIpc) is 2.80. The molecule has 0 unspecified atom stereocenters. The Bertz CT molecular complexity index is 1030. The molecule has 2 aromatic rings. The first kappa shape index (κ1) is 23.1. The summed E-state index contributed by atoms with van der Waals surface area (Å²) in [7, 11) is 0. The Kier molecular flexibility index (Phi) is 6.91. The lowest BCUT2D eigenvalue weighted by Crippen LogP contribution is -2.50.